The first-order valence-electron chi connectivity index (χ1n) is 10.4. The van der Waals surface area contributed by atoms with Crippen LogP contribution in [0, 0.1) is 11.7 Å². The second kappa shape index (κ2) is 12.6. The van der Waals surface area contributed by atoms with Crippen LogP contribution in [0.4, 0.5) is 4.39 Å². The predicted octanol–water partition coefficient (Wildman–Crippen LogP) is 3.93. The van der Waals surface area contributed by atoms with Gasteiger partial charge in [0.1, 0.15) is 5.82 Å². The van der Waals surface area contributed by atoms with E-state index in [2.05, 4.69) is 27.9 Å². The number of guanidine groups is 1. The summed E-state index contributed by atoms with van der Waals surface area (Å²) in [7, 11) is 0. The van der Waals surface area contributed by atoms with E-state index in [1.54, 1.807) is 23.9 Å². The highest BCUT2D eigenvalue weighted by atomic mass is 127. The van der Waals surface area contributed by atoms with E-state index in [1.807, 2.05) is 0 Å². The fourth-order valence-corrected chi connectivity index (χ4v) is 4.22. The zero-order valence-corrected chi connectivity index (χ0v) is 20.1. The smallest absolute Gasteiger partial charge is 0.223 e. The number of hydrogen-bond acceptors (Lipinski definition) is 3. The van der Waals surface area contributed by atoms with Crippen molar-refractivity contribution >= 4 is 47.6 Å². The Morgan fingerprint density at radius 3 is 2.59 bits per heavy atom. The summed E-state index contributed by atoms with van der Waals surface area (Å²) >= 11 is 1.67. The van der Waals surface area contributed by atoms with Gasteiger partial charge in [-0.15, -0.1) is 35.7 Å². The number of hydrogen-bond donors (Lipinski definition) is 3. The third-order valence-corrected chi connectivity index (χ3v) is 6.09. The number of amides is 1. The first-order valence-corrected chi connectivity index (χ1v) is 11.4. The van der Waals surface area contributed by atoms with Gasteiger partial charge in [0, 0.05) is 35.2 Å². The summed E-state index contributed by atoms with van der Waals surface area (Å²) in [5, 5.41) is 9.96. The molecule has 29 heavy (non-hydrogen) atoms. The Hall–Kier alpha value is -1.03. The summed E-state index contributed by atoms with van der Waals surface area (Å²) in [6, 6.07) is 7.26. The summed E-state index contributed by atoms with van der Waals surface area (Å²) in [6.45, 7) is 3.53. The Labute approximate surface area is 194 Å². The Morgan fingerprint density at radius 1 is 1.14 bits per heavy atom. The molecule has 2 unspecified atom stereocenters. The van der Waals surface area contributed by atoms with Crippen molar-refractivity contribution in [1.29, 1.82) is 0 Å². The minimum absolute atomic E-state index is 0. The Morgan fingerprint density at radius 2 is 1.90 bits per heavy atom. The Balaban J connectivity index is 0.00000300. The number of thioether (sulfide) groups is 1. The third kappa shape index (κ3) is 8.70. The number of halogens is 2. The fourth-order valence-electron chi connectivity index (χ4n) is 3.47. The second-order valence-corrected chi connectivity index (χ2v) is 8.72. The average molecular weight is 534 g/mol. The van der Waals surface area contributed by atoms with E-state index < -0.39 is 0 Å². The molecule has 0 radical (unpaired) electrons. The molecule has 2 fully saturated rings. The first-order chi connectivity index (χ1) is 13.6. The highest BCUT2D eigenvalue weighted by Crippen LogP contribution is 2.26. The summed E-state index contributed by atoms with van der Waals surface area (Å²) < 4.78 is 13.0. The van der Waals surface area contributed by atoms with Gasteiger partial charge in [0.25, 0.3) is 0 Å². The monoisotopic (exact) mass is 534 g/mol. The molecule has 3 N–H and O–H groups in total. The van der Waals surface area contributed by atoms with Crippen molar-refractivity contribution in [3.05, 3.63) is 30.1 Å². The predicted molar refractivity (Wildman–Crippen MR) is 129 cm³/mol. The molecule has 2 atom stereocenters. The van der Waals surface area contributed by atoms with Gasteiger partial charge in [-0.2, -0.15) is 0 Å². The van der Waals surface area contributed by atoms with Gasteiger partial charge in [-0.1, -0.05) is 6.42 Å². The maximum atomic E-state index is 13.0. The number of nitrogens with zero attached hydrogens (tertiary/aromatic N) is 1. The number of rotatable bonds is 8. The zero-order valence-electron chi connectivity index (χ0n) is 17.0. The molecule has 1 aromatic rings. The minimum Gasteiger partial charge on any atom is -0.357 e. The molecule has 3 rings (SSSR count). The van der Waals surface area contributed by atoms with E-state index in [4.69, 9.17) is 0 Å². The molecule has 2 aliphatic carbocycles. The van der Waals surface area contributed by atoms with E-state index >= 15 is 0 Å². The van der Waals surface area contributed by atoms with E-state index in [0.717, 1.165) is 61.7 Å². The molecule has 1 aromatic carbocycles. The van der Waals surface area contributed by atoms with Gasteiger partial charge in [0.15, 0.2) is 5.96 Å². The number of benzene rings is 1. The molecule has 2 aliphatic rings. The molecule has 2 saturated carbocycles. The van der Waals surface area contributed by atoms with Crippen LogP contribution in [0.2, 0.25) is 0 Å². The van der Waals surface area contributed by atoms with Crippen molar-refractivity contribution in [2.24, 2.45) is 10.9 Å². The lowest BCUT2D eigenvalue weighted by Crippen LogP contribution is -2.47. The van der Waals surface area contributed by atoms with Crippen molar-refractivity contribution < 1.29 is 9.18 Å². The molecule has 0 spiro atoms. The molecule has 0 saturated heterocycles. The second-order valence-electron chi connectivity index (χ2n) is 7.55. The number of aliphatic imine (C=N–C) groups is 1. The van der Waals surface area contributed by atoms with Gasteiger partial charge in [0.2, 0.25) is 5.91 Å². The minimum atomic E-state index is -0.211. The molecule has 0 aliphatic heterocycles. The van der Waals surface area contributed by atoms with Gasteiger partial charge in [-0.05, 0) is 63.3 Å². The lowest BCUT2D eigenvalue weighted by Gasteiger charge is -2.30. The number of carbonyl (C=O) groups excluding carboxylic acids is 1. The standard InChI is InChI=1S/C21H31FN4OS.HI/c1-2-23-21(24-12-13-28-19-10-6-16(22)7-11-19)26-18-5-3-4-15(14-18)20(27)25-17-8-9-17;/h6-7,10-11,15,17-18H,2-5,8-9,12-14H2,1H3,(H,25,27)(H2,23,24,26);1H. The van der Waals surface area contributed by atoms with Gasteiger partial charge in [-0.3, -0.25) is 9.79 Å². The molecule has 0 heterocycles. The van der Waals surface area contributed by atoms with Crippen LogP contribution in [-0.4, -0.2) is 42.8 Å². The average Bonchev–Trinajstić information content (AvgIpc) is 3.51. The first kappa shape index (κ1) is 24.2. The molecule has 8 heteroatoms. The molecular formula is C21H32FIN4OS. The van der Waals surface area contributed by atoms with Crippen LogP contribution >= 0.6 is 35.7 Å². The van der Waals surface area contributed by atoms with Crippen molar-refractivity contribution in [2.45, 2.75) is 62.4 Å². The Bertz CT molecular complexity index is 669. The van der Waals surface area contributed by atoms with Crippen molar-refractivity contribution in [2.75, 3.05) is 18.8 Å². The maximum Gasteiger partial charge on any atom is 0.223 e. The molecule has 162 valence electrons. The van der Waals surface area contributed by atoms with Crippen LogP contribution < -0.4 is 16.0 Å². The van der Waals surface area contributed by atoms with E-state index in [0.29, 0.717) is 12.6 Å². The van der Waals surface area contributed by atoms with Gasteiger partial charge < -0.3 is 16.0 Å². The number of carbonyl (C=O) groups is 1. The van der Waals surface area contributed by atoms with E-state index in [9.17, 15) is 9.18 Å². The van der Waals surface area contributed by atoms with Crippen LogP contribution in [0.15, 0.2) is 34.2 Å². The molecule has 0 bridgehead atoms. The highest BCUT2D eigenvalue weighted by molar-refractivity contribution is 14.0. The van der Waals surface area contributed by atoms with E-state index in [1.165, 1.54) is 12.1 Å². The van der Waals surface area contributed by atoms with Crippen LogP contribution in [-0.2, 0) is 4.79 Å². The largest absolute Gasteiger partial charge is 0.357 e. The lowest BCUT2D eigenvalue weighted by molar-refractivity contribution is -0.126. The summed E-state index contributed by atoms with van der Waals surface area (Å²) in [6.07, 6.45) is 6.26. The van der Waals surface area contributed by atoms with Gasteiger partial charge >= 0.3 is 0 Å². The van der Waals surface area contributed by atoms with Crippen molar-refractivity contribution in [1.82, 2.24) is 16.0 Å². The molecule has 1 amide bonds. The van der Waals surface area contributed by atoms with Crippen molar-refractivity contribution in [3.8, 4) is 0 Å². The van der Waals surface area contributed by atoms with Crippen LogP contribution in [0.3, 0.4) is 0 Å². The van der Waals surface area contributed by atoms with Crippen molar-refractivity contribution in [3.63, 3.8) is 0 Å². The Kier molecular flexibility index (Phi) is 10.5. The number of nitrogens with one attached hydrogen (secondary N) is 3. The van der Waals surface area contributed by atoms with Gasteiger partial charge in [-0.25, -0.2) is 4.39 Å². The van der Waals surface area contributed by atoms with Gasteiger partial charge in [0.05, 0.1) is 6.54 Å². The summed E-state index contributed by atoms with van der Waals surface area (Å²) in [5.41, 5.74) is 0. The van der Waals surface area contributed by atoms with Crippen LogP contribution in [0.25, 0.3) is 0 Å². The maximum absolute atomic E-state index is 13.0. The van der Waals surface area contributed by atoms with Crippen LogP contribution in [0.5, 0.6) is 0 Å². The third-order valence-electron chi connectivity index (χ3n) is 5.10. The zero-order chi connectivity index (χ0) is 19.8. The molecule has 0 aromatic heterocycles. The molecular weight excluding hydrogens is 502 g/mol. The lowest BCUT2D eigenvalue weighted by atomic mass is 9.85. The topological polar surface area (TPSA) is 65.5 Å². The van der Waals surface area contributed by atoms with E-state index in [-0.39, 0.29) is 47.7 Å². The molecule has 5 nitrogen and oxygen atoms in total. The summed E-state index contributed by atoms with van der Waals surface area (Å²) in [5.74, 6) is 1.78. The quantitative estimate of drug-likeness (QED) is 0.156. The summed E-state index contributed by atoms with van der Waals surface area (Å²) in [4.78, 5) is 18.1. The van der Waals surface area contributed by atoms with Crippen LogP contribution in [0.1, 0.15) is 45.4 Å². The fraction of sp³-hybridized carbons (Fsp3) is 0.619. The SMILES string of the molecule is CCNC(=NCCSc1ccc(F)cc1)NC1CCCC(C(=O)NC2CC2)C1.I. The highest BCUT2D eigenvalue weighted by Gasteiger charge is 2.31. The normalized spacial score (nSPS) is 21.8.